The topological polar surface area (TPSA) is 113 Å². The van der Waals surface area contributed by atoms with Crippen LogP contribution in [0.3, 0.4) is 0 Å². The molecule has 0 spiro atoms. The van der Waals surface area contributed by atoms with E-state index in [1.165, 1.54) is 44.2 Å². The van der Waals surface area contributed by atoms with Crippen LogP contribution in [-0.4, -0.2) is 52.0 Å². The number of benzene rings is 1. The molecule has 0 bridgehead atoms. The van der Waals surface area contributed by atoms with Gasteiger partial charge in [-0.25, -0.2) is 0 Å². The van der Waals surface area contributed by atoms with E-state index in [2.05, 4.69) is 16.0 Å². The van der Waals surface area contributed by atoms with Crippen LogP contribution in [0.1, 0.15) is 37.7 Å². The zero-order chi connectivity index (χ0) is 22.1. The zero-order valence-electron chi connectivity index (χ0n) is 17.5. The molecule has 2 amide bonds. The molecule has 0 radical (unpaired) electrons. The minimum Gasteiger partial charge on any atom is -0.350 e. The molecule has 0 aromatic heterocycles. The summed E-state index contributed by atoms with van der Waals surface area (Å²) < 4.78 is 0. The smallest absolute Gasteiger partial charge is 0.269 e. The van der Waals surface area contributed by atoms with E-state index in [4.69, 9.17) is 0 Å². The van der Waals surface area contributed by atoms with Gasteiger partial charge < -0.3 is 10.6 Å². The van der Waals surface area contributed by atoms with Gasteiger partial charge in [0.15, 0.2) is 0 Å². The largest absolute Gasteiger partial charge is 0.350 e. The molecule has 1 aromatic rings. The molecule has 1 saturated heterocycles. The first-order chi connectivity index (χ1) is 15.0. The van der Waals surface area contributed by atoms with Crippen LogP contribution in [0, 0.1) is 16.0 Å². The second-order valence-corrected chi connectivity index (χ2v) is 10.1. The Balaban J connectivity index is 1.53. The summed E-state index contributed by atoms with van der Waals surface area (Å²) in [6.07, 6.45) is 6.38. The molecular weight excluding hydrogens is 436 g/mol. The SMILES string of the molecule is O=C(NC(CSCC1CCCCC1)C(=O)NCc1ccc([N+](=O)[O-])cc1)C1CSCN1. The first kappa shape index (κ1) is 23.9. The molecule has 1 aromatic carbocycles. The molecule has 170 valence electrons. The van der Waals surface area contributed by atoms with E-state index in [0.29, 0.717) is 17.4 Å². The number of carbonyl (C=O) groups is 2. The summed E-state index contributed by atoms with van der Waals surface area (Å²) in [6.45, 7) is 0.258. The lowest BCUT2D eigenvalue weighted by atomic mass is 9.91. The van der Waals surface area contributed by atoms with Crippen molar-refractivity contribution in [1.29, 1.82) is 0 Å². The summed E-state index contributed by atoms with van der Waals surface area (Å²) in [7, 11) is 0. The van der Waals surface area contributed by atoms with Gasteiger partial charge in [-0.15, -0.1) is 11.8 Å². The number of hydrogen-bond acceptors (Lipinski definition) is 7. The summed E-state index contributed by atoms with van der Waals surface area (Å²) >= 11 is 3.40. The second-order valence-electron chi connectivity index (χ2n) is 8.02. The summed E-state index contributed by atoms with van der Waals surface area (Å²) in [5.74, 6) is 3.33. The first-order valence-corrected chi connectivity index (χ1v) is 13.0. The molecular formula is C21H30N4O4S2. The highest BCUT2D eigenvalue weighted by atomic mass is 32.2. The van der Waals surface area contributed by atoms with Gasteiger partial charge >= 0.3 is 0 Å². The lowest BCUT2D eigenvalue weighted by molar-refractivity contribution is -0.384. The number of amides is 2. The fraction of sp³-hybridized carbons (Fsp3) is 0.619. The number of nitro benzene ring substituents is 1. The number of rotatable bonds is 10. The third-order valence-electron chi connectivity index (χ3n) is 5.64. The Morgan fingerprint density at radius 2 is 1.97 bits per heavy atom. The fourth-order valence-electron chi connectivity index (χ4n) is 3.77. The number of nitro groups is 1. The molecule has 1 aliphatic heterocycles. The van der Waals surface area contributed by atoms with Crippen LogP contribution in [0.25, 0.3) is 0 Å². The highest BCUT2D eigenvalue weighted by molar-refractivity contribution is 7.99. The predicted molar refractivity (Wildman–Crippen MR) is 125 cm³/mol. The van der Waals surface area contributed by atoms with Gasteiger partial charge in [-0.2, -0.15) is 11.8 Å². The van der Waals surface area contributed by atoms with Crippen molar-refractivity contribution in [2.45, 2.75) is 50.7 Å². The van der Waals surface area contributed by atoms with Crippen LogP contribution in [0.15, 0.2) is 24.3 Å². The van der Waals surface area contributed by atoms with E-state index in [1.54, 1.807) is 35.7 Å². The zero-order valence-corrected chi connectivity index (χ0v) is 19.1. The maximum absolute atomic E-state index is 12.9. The molecule has 1 saturated carbocycles. The van der Waals surface area contributed by atoms with Crippen molar-refractivity contribution < 1.29 is 14.5 Å². The lowest BCUT2D eigenvalue weighted by Crippen LogP contribution is -2.53. The molecule has 3 N–H and O–H groups in total. The van der Waals surface area contributed by atoms with E-state index >= 15 is 0 Å². The number of non-ortho nitro benzene ring substituents is 1. The highest BCUT2D eigenvalue weighted by Gasteiger charge is 2.28. The van der Waals surface area contributed by atoms with E-state index in [-0.39, 0.29) is 30.1 Å². The Bertz CT molecular complexity index is 750. The third-order valence-corrected chi connectivity index (χ3v) is 7.86. The molecule has 31 heavy (non-hydrogen) atoms. The first-order valence-electron chi connectivity index (χ1n) is 10.7. The van der Waals surface area contributed by atoms with Crippen LogP contribution in [0.2, 0.25) is 0 Å². The van der Waals surface area contributed by atoms with Crippen molar-refractivity contribution in [3.05, 3.63) is 39.9 Å². The number of hydrogen-bond donors (Lipinski definition) is 3. The van der Waals surface area contributed by atoms with Crippen LogP contribution in [0.5, 0.6) is 0 Å². The van der Waals surface area contributed by atoms with E-state index in [9.17, 15) is 19.7 Å². The van der Waals surface area contributed by atoms with Crippen molar-refractivity contribution >= 4 is 41.0 Å². The van der Waals surface area contributed by atoms with Gasteiger partial charge in [-0.05, 0) is 30.1 Å². The molecule has 1 heterocycles. The van der Waals surface area contributed by atoms with E-state index in [1.807, 2.05) is 0 Å². The van der Waals surface area contributed by atoms with Gasteiger partial charge in [0.2, 0.25) is 11.8 Å². The lowest BCUT2D eigenvalue weighted by Gasteiger charge is -2.23. The number of nitrogens with one attached hydrogen (secondary N) is 3. The van der Waals surface area contributed by atoms with Gasteiger partial charge in [0, 0.05) is 36.1 Å². The molecule has 10 heteroatoms. The van der Waals surface area contributed by atoms with Gasteiger partial charge in [0.1, 0.15) is 6.04 Å². The normalized spacial score (nSPS) is 20.2. The van der Waals surface area contributed by atoms with Gasteiger partial charge in [0.05, 0.1) is 11.0 Å². The molecule has 3 rings (SSSR count). The van der Waals surface area contributed by atoms with E-state index < -0.39 is 11.0 Å². The van der Waals surface area contributed by atoms with Crippen LogP contribution < -0.4 is 16.0 Å². The van der Waals surface area contributed by atoms with Crippen LogP contribution >= 0.6 is 23.5 Å². The summed E-state index contributed by atoms with van der Waals surface area (Å²) in [6, 6.07) is 5.23. The maximum Gasteiger partial charge on any atom is 0.269 e. The van der Waals surface area contributed by atoms with Crippen molar-refractivity contribution in [2.24, 2.45) is 5.92 Å². The van der Waals surface area contributed by atoms with Crippen molar-refractivity contribution in [3.63, 3.8) is 0 Å². The number of carbonyl (C=O) groups excluding carboxylic acids is 2. The minimum absolute atomic E-state index is 0.0151. The fourth-order valence-corrected chi connectivity index (χ4v) is 5.99. The number of nitrogens with zero attached hydrogens (tertiary/aromatic N) is 1. The molecule has 2 unspecified atom stereocenters. The monoisotopic (exact) mass is 466 g/mol. The van der Waals surface area contributed by atoms with Crippen LogP contribution in [0.4, 0.5) is 5.69 Å². The average molecular weight is 467 g/mol. The molecule has 8 nitrogen and oxygen atoms in total. The Morgan fingerprint density at radius 3 is 2.61 bits per heavy atom. The Morgan fingerprint density at radius 1 is 1.23 bits per heavy atom. The molecule has 2 atom stereocenters. The number of thioether (sulfide) groups is 2. The van der Waals surface area contributed by atoms with Crippen molar-refractivity contribution in [3.8, 4) is 0 Å². The third kappa shape index (κ3) is 7.69. The molecule has 2 fully saturated rings. The van der Waals surface area contributed by atoms with Crippen molar-refractivity contribution in [1.82, 2.24) is 16.0 Å². The quantitative estimate of drug-likeness (QED) is 0.359. The summed E-state index contributed by atoms with van der Waals surface area (Å²) in [5.41, 5.74) is 0.786. The average Bonchev–Trinajstić information content (AvgIpc) is 3.33. The van der Waals surface area contributed by atoms with Gasteiger partial charge in [-0.3, -0.25) is 25.0 Å². The Labute approximate surface area is 191 Å². The summed E-state index contributed by atoms with van der Waals surface area (Å²) in [5, 5.41) is 19.7. The van der Waals surface area contributed by atoms with Crippen molar-refractivity contribution in [2.75, 3.05) is 23.1 Å². The highest BCUT2D eigenvalue weighted by Crippen LogP contribution is 2.27. The predicted octanol–water partition coefficient (Wildman–Crippen LogP) is 2.67. The second kappa shape index (κ2) is 12.3. The Kier molecular flexibility index (Phi) is 9.48. The Hall–Kier alpha value is -1.78. The molecule has 1 aliphatic carbocycles. The standard InChI is InChI=1S/C21H30N4O4S2/c26-20(22-10-15-6-8-17(9-7-15)25(28)29)19(24-21(27)18-12-31-14-23-18)13-30-11-16-4-2-1-3-5-16/h6-9,16,18-19,23H,1-5,10-14H2,(H,22,26)(H,24,27). The van der Waals surface area contributed by atoms with Gasteiger partial charge in [0.25, 0.3) is 5.69 Å². The minimum atomic E-state index is -0.605. The van der Waals surface area contributed by atoms with E-state index in [0.717, 1.165) is 17.2 Å². The summed E-state index contributed by atoms with van der Waals surface area (Å²) in [4.78, 5) is 35.7. The van der Waals surface area contributed by atoms with Gasteiger partial charge in [-0.1, -0.05) is 31.4 Å². The van der Waals surface area contributed by atoms with Crippen LogP contribution in [-0.2, 0) is 16.1 Å². The molecule has 2 aliphatic rings. The maximum atomic E-state index is 12.9.